The molecule has 0 radical (unpaired) electrons. The Labute approximate surface area is 121 Å². The lowest BCUT2D eigenvalue weighted by Crippen LogP contribution is -2.25. The average Bonchev–Trinajstić information content (AvgIpc) is 2.43. The third-order valence-electron chi connectivity index (χ3n) is 3.65. The van der Waals surface area contributed by atoms with Crippen molar-refractivity contribution in [2.75, 3.05) is 0 Å². The van der Waals surface area contributed by atoms with Gasteiger partial charge in [-0.25, -0.2) is 0 Å². The Bertz CT molecular complexity index is 669. The van der Waals surface area contributed by atoms with E-state index in [2.05, 4.69) is 0 Å². The molecule has 0 spiro atoms. The SMILES string of the molecule is Cc1ccc2c(c1)C(O)=C(C(=O)CCC(=O)O)C(=O)C2C. The lowest BCUT2D eigenvalue weighted by atomic mass is 9.79. The van der Waals surface area contributed by atoms with E-state index in [9.17, 15) is 19.5 Å². The number of allylic oxidation sites excluding steroid dienone is 1. The Hall–Kier alpha value is -2.43. The first-order chi connectivity index (χ1) is 9.82. The monoisotopic (exact) mass is 288 g/mol. The minimum Gasteiger partial charge on any atom is -0.506 e. The first-order valence-electron chi connectivity index (χ1n) is 6.66. The summed E-state index contributed by atoms with van der Waals surface area (Å²) in [5.74, 6) is -3.07. The van der Waals surface area contributed by atoms with Gasteiger partial charge in [-0.1, -0.05) is 24.6 Å². The number of aliphatic hydroxyl groups excluding tert-OH is 1. The highest BCUT2D eigenvalue weighted by Crippen LogP contribution is 2.36. The smallest absolute Gasteiger partial charge is 0.303 e. The van der Waals surface area contributed by atoms with Crippen molar-refractivity contribution in [2.24, 2.45) is 0 Å². The Morgan fingerprint density at radius 3 is 2.52 bits per heavy atom. The van der Waals surface area contributed by atoms with E-state index in [0.29, 0.717) is 11.1 Å². The number of aryl methyl sites for hydroxylation is 1. The van der Waals surface area contributed by atoms with Gasteiger partial charge in [-0.05, 0) is 18.6 Å². The van der Waals surface area contributed by atoms with Gasteiger partial charge in [0.05, 0.1) is 6.42 Å². The van der Waals surface area contributed by atoms with Gasteiger partial charge in [-0.2, -0.15) is 0 Å². The largest absolute Gasteiger partial charge is 0.506 e. The lowest BCUT2D eigenvalue weighted by Gasteiger charge is -2.23. The molecule has 2 rings (SSSR count). The third kappa shape index (κ3) is 2.72. The van der Waals surface area contributed by atoms with Crippen molar-refractivity contribution in [1.82, 2.24) is 0 Å². The number of aliphatic carboxylic acids is 1. The number of carboxylic acids is 1. The molecule has 1 aliphatic carbocycles. The minimum absolute atomic E-state index is 0.276. The molecule has 1 unspecified atom stereocenters. The van der Waals surface area contributed by atoms with Crippen LogP contribution in [0.5, 0.6) is 0 Å². The molecule has 0 amide bonds. The number of carbonyl (C=O) groups excluding carboxylic acids is 2. The highest BCUT2D eigenvalue weighted by molar-refractivity contribution is 6.27. The van der Waals surface area contributed by atoms with Crippen LogP contribution in [0.4, 0.5) is 0 Å². The van der Waals surface area contributed by atoms with Gasteiger partial charge in [-0.15, -0.1) is 0 Å². The molecular weight excluding hydrogens is 272 g/mol. The van der Waals surface area contributed by atoms with Gasteiger partial charge in [0.1, 0.15) is 11.3 Å². The van der Waals surface area contributed by atoms with E-state index >= 15 is 0 Å². The molecule has 0 fully saturated rings. The molecule has 2 N–H and O–H groups in total. The molecule has 0 saturated carbocycles. The zero-order valence-corrected chi connectivity index (χ0v) is 11.8. The van der Waals surface area contributed by atoms with Gasteiger partial charge in [0.15, 0.2) is 11.6 Å². The summed E-state index contributed by atoms with van der Waals surface area (Å²) in [6.07, 6.45) is -0.660. The van der Waals surface area contributed by atoms with Gasteiger partial charge >= 0.3 is 5.97 Å². The Balaban J connectivity index is 2.48. The number of rotatable bonds is 4. The fourth-order valence-electron chi connectivity index (χ4n) is 2.48. The Kier molecular flexibility index (Phi) is 3.93. The summed E-state index contributed by atoms with van der Waals surface area (Å²) in [6.45, 7) is 3.52. The van der Waals surface area contributed by atoms with Crippen molar-refractivity contribution in [1.29, 1.82) is 0 Å². The van der Waals surface area contributed by atoms with Crippen LogP contribution in [-0.2, 0) is 14.4 Å². The predicted molar refractivity (Wildman–Crippen MR) is 76.0 cm³/mol. The minimum atomic E-state index is -1.11. The second-order valence-corrected chi connectivity index (χ2v) is 5.22. The van der Waals surface area contributed by atoms with E-state index in [0.717, 1.165) is 5.56 Å². The number of hydrogen-bond donors (Lipinski definition) is 2. The molecule has 1 atom stereocenters. The summed E-state index contributed by atoms with van der Waals surface area (Å²) in [5.41, 5.74) is 1.78. The van der Waals surface area contributed by atoms with Crippen molar-refractivity contribution >= 4 is 23.3 Å². The molecule has 0 saturated heterocycles. The van der Waals surface area contributed by atoms with Crippen LogP contribution in [0.3, 0.4) is 0 Å². The normalized spacial score (nSPS) is 17.6. The topological polar surface area (TPSA) is 91.7 Å². The second kappa shape index (κ2) is 5.52. The molecule has 5 heteroatoms. The lowest BCUT2D eigenvalue weighted by molar-refractivity contribution is -0.138. The van der Waals surface area contributed by atoms with Crippen molar-refractivity contribution in [3.63, 3.8) is 0 Å². The first-order valence-corrected chi connectivity index (χ1v) is 6.66. The van der Waals surface area contributed by atoms with E-state index in [4.69, 9.17) is 5.11 Å². The highest BCUT2D eigenvalue weighted by atomic mass is 16.4. The molecule has 0 bridgehead atoms. The van der Waals surface area contributed by atoms with Crippen molar-refractivity contribution < 1.29 is 24.6 Å². The van der Waals surface area contributed by atoms with Crippen molar-refractivity contribution in [3.05, 3.63) is 40.5 Å². The number of aliphatic hydroxyl groups is 1. The molecule has 0 aliphatic heterocycles. The quantitative estimate of drug-likeness (QED) is 0.830. The van der Waals surface area contributed by atoms with Crippen LogP contribution in [0.15, 0.2) is 23.8 Å². The number of benzene rings is 1. The van der Waals surface area contributed by atoms with Crippen LogP contribution >= 0.6 is 0 Å². The first kappa shape index (κ1) is 15.0. The molecule has 1 aromatic carbocycles. The summed E-state index contributed by atoms with van der Waals surface area (Å²) in [4.78, 5) is 34.9. The van der Waals surface area contributed by atoms with Crippen LogP contribution in [0, 0.1) is 6.92 Å². The maximum atomic E-state index is 12.3. The van der Waals surface area contributed by atoms with Gasteiger partial charge in [0.2, 0.25) is 0 Å². The highest BCUT2D eigenvalue weighted by Gasteiger charge is 2.35. The molecule has 21 heavy (non-hydrogen) atoms. The van der Waals surface area contributed by atoms with E-state index in [1.165, 1.54) is 0 Å². The van der Waals surface area contributed by atoms with Crippen molar-refractivity contribution in [2.45, 2.75) is 32.6 Å². The second-order valence-electron chi connectivity index (χ2n) is 5.22. The van der Waals surface area contributed by atoms with Crippen LogP contribution < -0.4 is 0 Å². The summed E-state index contributed by atoms with van der Waals surface area (Å²) in [6, 6.07) is 5.33. The maximum Gasteiger partial charge on any atom is 0.303 e. The number of carboxylic acid groups (broad SMARTS) is 1. The van der Waals surface area contributed by atoms with Crippen LogP contribution in [0.1, 0.15) is 42.4 Å². The summed E-state index contributed by atoms with van der Waals surface area (Å²) >= 11 is 0. The molecule has 5 nitrogen and oxygen atoms in total. The standard InChI is InChI=1S/C16H16O5/c1-8-3-4-10-9(2)15(20)14(16(21)11(10)7-8)12(17)5-6-13(18)19/h3-4,7,9,21H,5-6H2,1-2H3,(H,18,19). The van der Waals surface area contributed by atoms with Gasteiger partial charge in [0.25, 0.3) is 0 Å². The predicted octanol–water partition coefficient (Wildman–Crippen LogP) is 2.38. The number of fused-ring (bicyclic) bond motifs is 1. The van der Waals surface area contributed by atoms with Crippen molar-refractivity contribution in [3.8, 4) is 0 Å². The van der Waals surface area contributed by atoms with E-state index in [1.54, 1.807) is 19.1 Å². The zero-order chi connectivity index (χ0) is 15.7. The van der Waals surface area contributed by atoms with Crippen LogP contribution in [-0.4, -0.2) is 27.7 Å². The summed E-state index contributed by atoms with van der Waals surface area (Å²) in [7, 11) is 0. The fourth-order valence-corrected chi connectivity index (χ4v) is 2.48. The molecule has 1 aliphatic rings. The maximum absolute atomic E-state index is 12.3. The Morgan fingerprint density at radius 1 is 1.24 bits per heavy atom. The van der Waals surface area contributed by atoms with E-state index < -0.39 is 23.5 Å². The molecule has 0 heterocycles. The molecule has 1 aromatic rings. The number of hydrogen-bond acceptors (Lipinski definition) is 4. The van der Waals surface area contributed by atoms with Gasteiger partial charge in [-0.3, -0.25) is 14.4 Å². The van der Waals surface area contributed by atoms with E-state index in [-0.39, 0.29) is 24.2 Å². The molecule has 0 aromatic heterocycles. The third-order valence-corrected chi connectivity index (χ3v) is 3.65. The van der Waals surface area contributed by atoms with Crippen LogP contribution in [0.2, 0.25) is 0 Å². The fraction of sp³-hybridized carbons (Fsp3) is 0.312. The molecular formula is C16H16O5. The number of ketones is 2. The van der Waals surface area contributed by atoms with E-state index in [1.807, 2.05) is 13.0 Å². The average molecular weight is 288 g/mol. The summed E-state index contributed by atoms with van der Waals surface area (Å²) in [5, 5.41) is 18.9. The van der Waals surface area contributed by atoms with Gasteiger partial charge in [0, 0.05) is 17.9 Å². The van der Waals surface area contributed by atoms with Gasteiger partial charge < -0.3 is 10.2 Å². The Morgan fingerprint density at radius 2 is 1.90 bits per heavy atom. The van der Waals surface area contributed by atoms with Crippen LogP contribution in [0.25, 0.3) is 5.76 Å². The molecule has 110 valence electrons. The number of carbonyl (C=O) groups is 3. The summed E-state index contributed by atoms with van der Waals surface area (Å²) < 4.78 is 0. The zero-order valence-electron chi connectivity index (χ0n) is 11.8. The number of Topliss-reactive ketones (excluding diaryl/α,β-unsaturated/α-hetero) is 2.